The Morgan fingerprint density at radius 2 is 1.85 bits per heavy atom. The normalized spacial score (nSPS) is 11.4. The maximum Gasteiger partial charge on any atom is 0.277 e. The molecule has 1 aromatic carbocycles. The van der Waals surface area contributed by atoms with Crippen molar-refractivity contribution in [2.24, 2.45) is 5.73 Å². The van der Waals surface area contributed by atoms with Gasteiger partial charge in [0.2, 0.25) is 5.91 Å². The predicted molar refractivity (Wildman–Crippen MR) is 75.8 cm³/mol. The molecule has 0 heterocycles. The van der Waals surface area contributed by atoms with E-state index in [9.17, 15) is 13.6 Å². The van der Waals surface area contributed by atoms with Crippen LogP contribution in [-0.2, 0) is 17.6 Å². The third-order valence-corrected chi connectivity index (χ3v) is 3.05. The van der Waals surface area contributed by atoms with Crippen LogP contribution in [0.15, 0.2) is 24.3 Å². The van der Waals surface area contributed by atoms with E-state index in [0.29, 0.717) is 0 Å². The Morgan fingerprint density at radius 1 is 1.25 bits per heavy atom. The van der Waals surface area contributed by atoms with Gasteiger partial charge in [0, 0.05) is 0 Å². The van der Waals surface area contributed by atoms with Gasteiger partial charge in [0.1, 0.15) is 0 Å². The van der Waals surface area contributed by atoms with E-state index >= 15 is 0 Å². The second-order valence-electron chi connectivity index (χ2n) is 4.93. The predicted octanol–water partition coefficient (Wildman–Crippen LogP) is 2.28. The van der Waals surface area contributed by atoms with Crippen molar-refractivity contribution in [3.63, 3.8) is 0 Å². The van der Waals surface area contributed by atoms with E-state index < -0.39 is 24.9 Å². The first-order chi connectivity index (χ1) is 9.46. The van der Waals surface area contributed by atoms with Crippen molar-refractivity contribution in [3.05, 3.63) is 35.4 Å². The summed E-state index contributed by atoms with van der Waals surface area (Å²) in [4.78, 5) is 11.5. The zero-order valence-electron chi connectivity index (χ0n) is 11.8. The fourth-order valence-electron chi connectivity index (χ4n) is 1.75. The van der Waals surface area contributed by atoms with Crippen molar-refractivity contribution in [1.82, 2.24) is 5.32 Å². The molecule has 1 amide bonds. The molecule has 3 N–H and O–H groups in total. The summed E-state index contributed by atoms with van der Waals surface area (Å²) in [5, 5.41) is 2.20. The smallest absolute Gasteiger partial charge is 0.277 e. The lowest BCUT2D eigenvalue weighted by atomic mass is 10.0. The minimum absolute atomic E-state index is 0.106. The molecule has 5 heteroatoms. The van der Waals surface area contributed by atoms with Crippen molar-refractivity contribution < 1.29 is 13.6 Å². The molecule has 112 valence electrons. The highest BCUT2D eigenvalue weighted by molar-refractivity contribution is 5.78. The Bertz CT molecular complexity index is 418. The highest BCUT2D eigenvalue weighted by atomic mass is 19.3. The van der Waals surface area contributed by atoms with Crippen LogP contribution in [0.1, 0.15) is 30.9 Å². The third kappa shape index (κ3) is 6.10. The first kappa shape index (κ1) is 16.6. The van der Waals surface area contributed by atoms with Gasteiger partial charge in [0.05, 0.1) is 19.5 Å². The molecule has 0 radical (unpaired) electrons. The van der Waals surface area contributed by atoms with Crippen molar-refractivity contribution in [2.45, 2.75) is 38.5 Å². The molecule has 0 aromatic heterocycles. The lowest BCUT2D eigenvalue weighted by Crippen LogP contribution is -2.42. The van der Waals surface area contributed by atoms with Gasteiger partial charge < -0.3 is 11.1 Å². The molecule has 0 saturated carbocycles. The Hall–Kier alpha value is -1.49. The van der Waals surface area contributed by atoms with Crippen LogP contribution in [0.4, 0.5) is 8.78 Å². The Labute approximate surface area is 118 Å². The maximum atomic E-state index is 12.9. The first-order valence-electron chi connectivity index (χ1n) is 6.89. The number of nitrogens with one attached hydrogen (secondary N) is 1. The summed E-state index contributed by atoms with van der Waals surface area (Å²) in [6, 6.07) is 7.69. The molecule has 0 atom stereocenters. The molecule has 0 aliphatic rings. The van der Waals surface area contributed by atoms with E-state index in [1.54, 1.807) is 0 Å². The molecule has 0 unspecified atom stereocenters. The third-order valence-electron chi connectivity index (χ3n) is 3.05. The SMILES string of the molecule is CCCCc1ccc(CC(=O)NCC(F)(F)CN)cc1. The largest absolute Gasteiger partial charge is 0.350 e. The second kappa shape index (κ2) is 7.94. The van der Waals surface area contributed by atoms with Crippen LogP contribution >= 0.6 is 0 Å². The van der Waals surface area contributed by atoms with Crippen LogP contribution in [0.3, 0.4) is 0 Å². The number of carbonyl (C=O) groups excluding carboxylic acids is 1. The van der Waals surface area contributed by atoms with Gasteiger partial charge in [-0.05, 0) is 24.0 Å². The number of nitrogens with two attached hydrogens (primary N) is 1. The number of hydrogen-bond acceptors (Lipinski definition) is 2. The Morgan fingerprint density at radius 3 is 2.40 bits per heavy atom. The molecule has 1 rings (SSSR count). The molecule has 0 saturated heterocycles. The van der Waals surface area contributed by atoms with Gasteiger partial charge in [-0.1, -0.05) is 37.6 Å². The standard InChI is InChI=1S/C15H22F2N2O/c1-2-3-4-12-5-7-13(8-6-12)9-14(20)19-11-15(16,17)10-18/h5-8H,2-4,9-11,18H2,1H3,(H,19,20). The number of unbranched alkanes of at least 4 members (excludes halogenated alkanes) is 1. The van der Waals surface area contributed by atoms with E-state index in [4.69, 9.17) is 5.73 Å². The Balaban J connectivity index is 2.42. The van der Waals surface area contributed by atoms with Crippen LogP contribution in [0.25, 0.3) is 0 Å². The average Bonchev–Trinajstić information content (AvgIpc) is 2.45. The minimum atomic E-state index is -3.04. The van der Waals surface area contributed by atoms with Crippen molar-refractivity contribution in [2.75, 3.05) is 13.1 Å². The number of alkyl halides is 2. The highest BCUT2D eigenvalue weighted by Crippen LogP contribution is 2.10. The summed E-state index contributed by atoms with van der Waals surface area (Å²) < 4.78 is 25.8. The fourth-order valence-corrected chi connectivity index (χ4v) is 1.75. The van der Waals surface area contributed by atoms with Crippen LogP contribution < -0.4 is 11.1 Å². The molecular formula is C15H22F2N2O. The van der Waals surface area contributed by atoms with Gasteiger partial charge in [0.15, 0.2) is 0 Å². The number of hydrogen-bond donors (Lipinski definition) is 2. The number of rotatable bonds is 8. The molecule has 3 nitrogen and oxygen atoms in total. The molecule has 1 aromatic rings. The minimum Gasteiger partial charge on any atom is -0.350 e. The molecule has 0 spiro atoms. The summed E-state index contributed by atoms with van der Waals surface area (Å²) in [7, 11) is 0. The van der Waals surface area contributed by atoms with Gasteiger partial charge in [0.25, 0.3) is 5.92 Å². The van der Waals surface area contributed by atoms with Crippen LogP contribution in [0, 0.1) is 0 Å². The first-order valence-corrected chi connectivity index (χ1v) is 6.89. The van der Waals surface area contributed by atoms with Gasteiger partial charge in [-0.15, -0.1) is 0 Å². The molecule has 20 heavy (non-hydrogen) atoms. The van der Waals surface area contributed by atoms with E-state index in [0.717, 1.165) is 24.8 Å². The van der Waals surface area contributed by atoms with Gasteiger partial charge in [-0.25, -0.2) is 8.78 Å². The van der Waals surface area contributed by atoms with E-state index in [1.165, 1.54) is 5.56 Å². The average molecular weight is 284 g/mol. The Kier molecular flexibility index (Phi) is 6.58. The van der Waals surface area contributed by atoms with Crippen molar-refractivity contribution in [3.8, 4) is 0 Å². The van der Waals surface area contributed by atoms with Crippen molar-refractivity contribution in [1.29, 1.82) is 0 Å². The van der Waals surface area contributed by atoms with Crippen LogP contribution in [0.5, 0.6) is 0 Å². The number of amides is 1. The van der Waals surface area contributed by atoms with E-state index in [-0.39, 0.29) is 6.42 Å². The summed E-state index contributed by atoms with van der Waals surface area (Å²) in [5.74, 6) is -3.46. The number of halogens is 2. The zero-order valence-corrected chi connectivity index (χ0v) is 11.8. The number of benzene rings is 1. The molecule has 0 bridgehead atoms. The number of aryl methyl sites for hydroxylation is 1. The zero-order chi connectivity index (χ0) is 15.0. The van der Waals surface area contributed by atoms with Crippen LogP contribution in [0.2, 0.25) is 0 Å². The molecule has 0 aliphatic carbocycles. The summed E-state index contributed by atoms with van der Waals surface area (Å²) >= 11 is 0. The van der Waals surface area contributed by atoms with Gasteiger partial charge in [-0.2, -0.15) is 0 Å². The summed E-state index contributed by atoms with van der Waals surface area (Å²) in [6.45, 7) is 0.659. The summed E-state index contributed by atoms with van der Waals surface area (Å²) in [6.07, 6.45) is 3.40. The quantitative estimate of drug-likeness (QED) is 0.769. The fraction of sp³-hybridized carbons (Fsp3) is 0.533. The topological polar surface area (TPSA) is 55.1 Å². The van der Waals surface area contributed by atoms with E-state index in [1.807, 2.05) is 24.3 Å². The van der Waals surface area contributed by atoms with Crippen molar-refractivity contribution >= 4 is 5.91 Å². The monoisotopic (exact) mass is 284 g/mol. The lowest BCUT2D eigenvalue weighted by Gasteiger charge is -2.14. The maximum absolute atomic E-state index is 12.9. The number of carbonyl (C=O) groups is 1. The highest BCUT2D eigenvalue weighted by Gasteiger charge is 2.26. The summed E-state index contributed by atoms with van der Waals surface area (Å²) in [5.41, 5.74) is 6.95. The molecule has 0 fully saturated rings. The lowest BCUT2D eigenvalue weighted by molar-refractivity contribution is -0.122. The molecular weight excluding hydrogens is 262 g/mol. The van der Waals surface area contributed by atoms with E-state index in [2.05, 4.69) is 12.2 Å². The van der Waals surface area contributed by atoms with Gasteiger partial charge >= 0.3 is 0 Å². The van der Waals surface area contributed by atoms with Crippen LogP contribution in [-0.4, -0.2) is 24.9 Å². The molecule has 0 aliphatic heterocycles. The van der Waals surface area contributed by atoms with Gasteiger partial charge in [-0.3, -0.25) is 4.79 Å². The second-order valence-corrected chi connectivity index (χ2v) is 4.93.